The summed E-state index contributed by atoms with van der Waals surface area (Å²) in [6.07, 6.45) is 2.78. The quantitative estimate of drug-likeness (QED) is 0.917. The molecule has 3 nitrogen and oxygen atoms in total. The first-order valence-electron chi connectivity index (χ1n) is 7.07. The van der Waals surface area contributed by atoms with Gasteiger partial charge in [0.25, 0.3) is 0 Å². The van der Waals surface area contributed by atoms with Crippen molar-refractivity contribution in [3.63, 3.8) is 0 Å². The van der Waals surface area contributed by atoms with E-state index >= 15 is 0 Å². The van der Waals surface area contributed by atoms with Crippen molar-refractivity contribution < 1.29 is 17.4 Å². The molecular formula is C16H22CrN3S-. The average molecular weight is 340 g/mol. The van der Waals surface area contributed by atoms with Gasteiger partial charge in [-0.05, 0) is 38.4 Å². The third-order valence-electron chi connectivity index (χ3n) is 3.26. The standard InChI is InChI=1S/C12H13N2S.C4H9N.Cr/c1-9-12(15-8-14-9)11-5-3-10(4-6-11)7-13-2;1-2-4-5-3-1;/h3-6,8H,7H2,1-2H3;5H,1-4H2;/q-1;;. The molecule has 1 fully saturated rings. The second-order valence-corrected chi connectivity index (χ2v) is 5.75. The summed E-state index contributed by atoms with van der Waals surface area (Å²) < 4.78 is 0. The Kier molecular flexibility index (Phi) is 8.83. The molecule has 1 aliphatic rings. The molecule has 21 heavy (non-hydrogen) atoms. The van der Waals surface area contributed by atoms with Crippen molar-refractivity contribution in [1.82, 2.24) is 10.3 Å². The van der Waals surface area contributed by atoms with Gasteiger partial charge in [0.15, 0.2) is 0 Å². The maximum Gasteiger partial charge on any atom is 0.0801 e. The Bertz CT molecular complexity index is 499. The van der Waals surface area contributed by atoms with Crippen molar-refractivity contribution in [3.8, 4) is 10.4 Å². The molecule has 1 saturated heterocycles. The Morgan fingerprint density at radius 3 is 2.29 bits per heavy atom. The molecule has 0 amide bonds. The van der Waals surface area contributed by atoms with Gasteiger partial charge >= 0.3 is 0 Å². The van der Waals surface area contributed by atoms with Crippen molar-refractivity contribution in [2.24, 2.45) is 0 Å². The van der Waals surface area contributed by atoms with E-state index < -0.39 is 0 Å². The van der Waals surface area contributed by atoms with Crippen molar-refractivity contribution in [1.29, 1.82) is 0 Å². The molecule has 1 aromatic heterocycles. The number of hydrogen-bond donors (Lipinski definition) is 1. The van der Waals surface area contributed by atoms with Gasteiger partial charge in [0.1, 0.15) is 0 Å². The Labute approximate surface area is 142 Å². The third kappa shape index (κ3) is 5.90. The normalized spacial score (nSPS) is 13.2. The summed E-state index contributed by atoms with van der Waals surface area (Å²) in [5.41, 5.74) is 5.49. The zero-order valence-corrected chi connectivity index (χ0v) is 14.7. The summed E-state index contributed by atoms with van der Waals surface area (Å²) in [4.78, 5) is 5.51. The molecule has 0 radical (unpaired) electrons. The number of nitrogens with zero attached hydrogens (tertiary/aromatic N) is 2. The molecule has 1 aliphatic heterocycles. The fraction of sp³-hybridized carbons (Fsp3) is 0.438. The minimum absolute atomic E-state index is 0. The number of rotatable bonds is 3. The van der Waals surface area contributed by atoms with E-state index in [2.05, 4.69) is 39.9 Å². The Morgan fingerprint density at radius 2 is 1.86 bits per heavy atom. The zero-order valence-electron chi connectivity index (χ0n) is 12.6. The molecule has 1 N–H and O–H groups in total. The minimum atomic E-state index is 0. The molecule has 2 heterocycles. The molecule has 0 unspecified atom stereocenters. The van der Waals surface area contributed by atoms with Gasteiger partial charge in [-0.15, -0.1) is 17.9 Å². The van der Waals surface area contributed by atoms with Crippen LogP contribution in [0.1, 0.15) is 24.1 Å². The van der Waals surface area contributed by atoms with Gasteiger partial charge in [-0.1, -0.05) is 29.8 Å². The summed E-state index contributed by atoms with van der Waals surface area (Å²) in [6.45, 7) is 5.34. The van der Waals surface area contributed by atoms with Crippen LogP contribution < -0.4 is 5.32 Å². The number of aryl methyl sites for hydroxylation is 1. The van der Waals surface area contributed by atoms with Gasteiger partial charge in [0, 0.05) is 17.4 Å². The molecule has 5 heteroatoms. The fourth-order valence-corrected chi connectivity index (χ4v) is 2.96. The Hall–Kier alpha value is -0.698. The van der Waals surface area contributed by atoms with Crippen LogP contribution in [0.4, 0.5) is 0 Å². The van der Waals surface area contributed by atoms with E-state index in [1.807, 2.05) is 19.5 Å². The summed E-state index contributed by atoms with van der Waals surface area (Å²) in [7, 11) is 1.83. The van der Waals surface area contributed by atoms with E-state index in [9.17, 15) is 0 Å². The van der Waals surface area contributed by atoms with E-state index in [-0.39, 0.29) is 17.4 Å². The van der Waals surface area contributed by atoms with Gasteiger partial charge in [-0.25, -0.2) is 4.98 Å². The molecule has 0 atom stereocenters. The van der Waals surface area contributed by atoms with Crippen LogP contribution in [0.25, 0.3) is 15.8 Å². The van der Waals surface area contributed by atoms with Crippen LogP contribution in [0.3, 0.4) is 0 Å². The van der Waals surface area contributed by atoms with Gasteiger partial charge < -0.3 is 10.6 Å². The van der Waals surface area contributed by atoms with Crippen LogP contribution in [0, 0.1) is 6.92 Å². The predicted octanol–water partition coefficient (Wildman–Crippen LogP) is 3.99. The second-order valence-electron chi connectivity index (χ2n) is 4.90. The molecule has 0 bridgehead atoms. The molecule has 0 saturated carbocycles. The largest absolute Gasteiger partial charge is 0.661 e. The number of nitrogens with one attached hydrogen (secondary N) is 1. The van der Waals surface area contributed by atoms with Crippen molar-refractivity contribution >= 4 is 11.3 Å². The second kappa shape index (κ2) is 10.1. The molecule has 2 aromatic rings. The van der Waals surface area contributed by atoms with E-state index in [4.69, 9.17) is 0 Å². The van der Waals surface area contributed by atoms with E-state index in [0.717, 1.165) is 12.2 Å². The van der Waals surface area contributed by atoms with Crippen molar-refractivity contribution in [2.75, 3.05) is 20.1 Å². The Balaban J connectivity index is 0.000000313. The maximum atomic E-state index is 4.25. The molecule has 3 rings (SSSR count). The number of benzene rings is 1. The monoisotopic (exact) mass is 340 g/mol. The van der Waals surface area contributed by atoms with E-state index in [0.29, 0.717) is 0 Å². The SMILES string of the molecule is C1CCNC1.C[N-]Cc1ccc(-c2scnc2C)cc1.[Cr]. The first-order chi connectivity index (χ1) is 9.81. The summed E-state index contributed by atoms with van der Waals surface area (Å²) >= 11 is 1.69. The number of thiazole rings is 1. The number of hydrogen-bond acceptors (Lipinski definition) is 3. The van der Waals surface area contributed by atoms with Crippen LogP contribution in [-0.4, -0.2) is 25.1 Å². The summed E-state index contributed by atoms with van der Waals surface area (Å²) in [6, 6.07) is 8.53. The predicted molar refractivity (Wildman–Crippen MR) is 87.4 cm³/mol. The average Bonchev–Trinajstić information content (AvgIpc) is 3.14. The molecule has 0 aliphatic carbocycles. The summed E-state index contributed by atoms with van der Waals surface area (Å²) in [5.74, 6) is 0. The van der Waals surface area contributed by atoms with Crippen LogP contribution in [0.5, 0.6) is 0 Å². The van der Waals surface area contributed by atoms with Crippen molar-refractivity contribution in [3.05, 3.63) is 46.4 Å². The van der Waals surface area contributed by atoms with Crippen LogP contribution in [0.2, 0.25) is 0 Å². The van der Waals surface area contributed by atoms with Gasteiger partial charge in [0.2, 0.25) is 0 Å². The minimum Gasteiger partial charge on any atom is -0.661 e. The molecule has 0 spiro atoms. The first kappa shape index (κ1) is 18.4. The van der Waals surface area contributed by atoms with Crippen LogP contribution in [-0.2, 0) is 23.9 Å². The molecule has 114 valence electrons. The van der Waals surface area contributed by atoms with Crippen molar-refractivity contribution in [2.45, 2.75) is 26.3 Å². The molecular weight excluding hydrogens is 318 g/mol. The topological polar surface area (TPSA) is 39.0 Å². The van der Waals surface area contributed by atoms with Gasteiger partial charge in [-0.3, -0.25) is 0 Å². The van der Waals surface area contributed by atoms with Gasteiger partial charge in [-0.2, -0.15) is 7.05 Å². The molecule has 1 aromatic carbocycles. The van der Waals surface area contributed by atoms with E-state index in [1.165, 1.54) is 41.9 Å². The zero-order chi connectivity index (χ0) is 14.2. The first-order valence-corrected chi connectivity index (χ1v) is 7.95. The Morgan fingerprint density at radius 1 is 1.19 bits per heavy atom. The fourth-order valence-electron chi connectivity index (χ4n) is 2.15. The van der Waals surface area contributed by atoms with Crippen LogP contribution in [0.15, 0.2) is 29.8 Å². The maximum absolute atomic E-state index is 4.25. The van der Waals surface area contributed by atoms with Crippen LogP contribution >= 0.6 is 11.3 Å². The third-order valence-corrected chi connectivity index (χ3v) is 4.24. The number of aromatic nitrogens is 1. The summed E-state index contributed by atoms with van der Waals surface area (Å²) in [5, 5.41) is 7.33. The van der Waals surface area contributed by atoms with Gasteiger partial charge in [0.05, 0.1) is 16.1 Å². The van der Waals surface area contributed by atoms with E-state index in [1.54, 1.807) is 11.3 Å². The smallest absolute Gasteiger partial charge is 0.0801 e.